The van der Waals surface area contributed by atoms with Crippen molar-refractivity contribution in [1.82, 2.24) is 9.21 Å². The molecule has 2 aliphatic rings. The topological polar surface area (TPSA) is 107 Å². The van der Waals surface area contributed by atoms with Gasteiger partial charge in [-0.25, -0.2) is 8.42 Å². The fraction of sp³-hybridized carbons (Fsp3) is 0.625. The standard InChI is InChI=1S/C24H34N2O6S/c1-16-13-26(17(2)15-27)33(30,31)22-9-6-18(10-11-24(3,4)29)12-20(22)32-21(16)14-25(5)23(28)19-7-8-19/h6,9,12,16-17,19,21,27,29H,7-8,13-15H2,1-5H3/t16-,17+,21+/m0/s1. The number of hydrogen-bond acceptors (Lipinski definition) is 6. The zero-order chi connectivity index (χ0) is 24.6. The Labute approximate surface area is 196 Å². The Balaban J connectivity index is 2.04. The molecular formula is C24H34N2O6S. The second kappa shape index (κ2) is 9.63. The summed E-state index contributed by atoms with van der Waals surface area (Å²) in [5.74, 6) is 5.63. The highest BCUT2D eigenvalue weighted by Crippen LogP contribution is 2.35. The number of carbonyl (C=O) groups is 1. The van der Waals surface area contributed by atoms with Crippen molar-refractivity contribution in [3.8, 4) is 17.6 Å². The maximum absolute atomic E-state index is 13.5. The summed E-state index contributed by atoms with van der Waals surface area (Å²) in [5, 5.41) is 19.6. The number of fused-ring (bicyclic) bond motifs is 1. The number of rotatable bonds is 5. The predicted octanol–water partition coefficient (Wildman–Crippen LogP) is 1.45. The van der Waals surface area contributed by atoms with Gasteiger partial charge in [-0.15, -0.1) is 0 Å². The Bertz CT molecular complexity index is 1050. The van der Waals surface area contributed by atoms with Crippen LogP contribution in [0.3, 0.4) is 0 Å². The summed E-state index contributed by atoms with van der Waals surface area (Å²) in [6, 6.07) is 3.96. The molecular weight excluding hydrogens is 444 g/mol. The number of carbonyl (C=O) groups excluding carboxylic acids is 1. The van der Waals surface area contributed by atoms with Crippen LogP contribution in [0.4, 0.5) is 0 Å². The van der Waals surface area contributed by atoms with Gasteiger partial charge in [0.2, 0.25) is 15.9 Å². The second-order valence-electron chi connectivity index (χ2n) is 9.70. The number of benzene rings is 1. The number of amides is 1. The predicted molar refractivity (Wildman–Crippen MR) is 124 cm³/mol. The lowest BCUT2D eigenvalue weighted by molar-refractivity contribution is -0.132. The van der Waals surface area contributed by atoms with E-state index in [4.69, 9.17) is 4.74 Å². The highest BCUT2D eigenvalue weighted by Gasteiger charge is 2.39. The molecule has 33 heavy (non-hydrogen) atoms. The lowest BCUT2D eigenvalue weighted by atomic mass is 10.0. The van der Waals surface area contributed by atoms with Crippen molar-refractivity contribution < 1.29 is 28.2 Å². The first kappa shape index (κ1) is 25.5. The third kappa shape index (κ3) is 6.07. The van der Waals surface area contributed by atoms with E-state index in [1.54, 1.807) is 44.9 Å². The van der Waals surface area contributed by atoms with Crippen LogP contribution in [0.15, 0.2) is 23.1 Å². The van der Waals surface area contributed by atoms with Crippen molar-refractivity contribution in [1.29, 1.82) is 0 Å². The van der Waals surface area contributed by atoms with Gasteiger partial charge in [0.1, 0.15) is 22.4 Å². The molecule has 3 atom stereocenters. The maximum Gasteiger partial charge on any atom is 0.247 e. The van der Waals surface area contributed by atoms with Crippen molar-refractivity contribution in [2.75, 3.05) is 26.7 Å². The summed E-state index contributed by atoms with van der Waals surface area (Å²) in [5.41, 5.74) is -0.699. The van der Waals surface area contributed by atoms with Crippen LogP contribution in [0.25, 0.3) is 0 Å². The molecule has 182 valence electrons. The molecule has 1 aliphatic heterocycles. The number of ether oxygens (including phenoxy) is 1. The summed E-state index contributed by atoms with van der Waals surface area (Å²) in [6.07, 6.45) is 1.34. The second-order valence-corrected chi connectivity index (χ2v) is 11.6. The molecule has 0 bridgehead atoms. The van der Waals surface area contributed by atoms with Crippen molar-refractivity contribution in [3.05, 3.63) is 23.8 Å². The van der Waals surface area contributed by atoms with Gasteiger partial charge in [-0.1, -0.05) is 18.8 Å². The largest absolute Gasteiger partial charge is 0.487 e. The molecule has 1 aromatic carbocycles. The summed E-state index contributed by atoms with van der Waals surface area (Å²) < 4.78 is 34.5. The van der Waals surface area contributed by atoms with E-state index >= 15 is 0 Å². The number of likely N-dealkylation sites (N-methyl/N-ethyl adjacent to an activating group) is 1. The van der Waals surface area contributed by atoms with Crippen LogP contribution in [0, 0.1) is 23.7 Å². The zero-order valence-corrected chi connectivity index (χ0v) is 20.7. The average Bonchev–Trinajstić information content (AvgIpc) is 3.58. The Kier molecular flexibility index (Phi) is 7.44. The number of hydrogen-bond donors (Lipinski definition) is 2. The maximum atomic E-state index is 13.5. The van der Waals surface area contributed by atoms with Crippen molar-refractivity contribution in [2.24, 2.45) is 11.8 Å². The average molecular weight is 479 g/mol. The molecule has 1 aromatic rings. The van der Waals surface area contributed by atoms with Gasteiger partial charge >= 0.3 is 0 Å². The minimum absolute atomic E-state index is 0.00955. The molecule has 0 aromatic heterocycles. The van der Waals surface area contributed by atoms with Gasteiger partial charge in [-0.3, -0.25) is 4.79 Å². The van der Waals surface area contributed by atoms with Crippen LogP contribution in [0.1, 0.15) is 46.1 Å². The van der Waals surface area contributed by atoms with Crippen molar-refractivity contribution in [2.45, 2.75) is 63.2 Å². The molecule has 0 radical (unpaired) electrons. The van der Waals surface area contributed by atoms with Crippen LogP contribution < -0.4 is 4.74 Å². The summed E-state index contributed by atoms with van der Waals surface area (Å²) in [6.45, 7) is 6.82. The van der Waals surface area contributed by atoms with E-state index < -0.39 is 27.8 Å². The fourth-order valence-corrected chi connectivity index (χ4v) is 5.57. The van der Waals surface area contributed by atoms with Gasteiger partial charge in [0, 0.05) is 37.0 Å². The SMILES string of the molecule is C[C@H](CO)N1C[C@H](C)[C@@H](CN(C)C(=O)C2CC2)Oc2cc(C#CC(C)(C)O)ccc2S1(=O)=O. The molecule has 1 aliphatic carbocycles. The summed E-state index contributed by atoms with van der Waals surface area (Å²) in [7, 11) is -2.21. The Hall–Kier alpha value is -2.12. The number of aliphatic hydroxyl groups is 2. The molecule has 1 amide bonds. The van der Waals surface area contributed by atoms with Crippen LogP contribution in [-0.4, -0.2) is 78.2 Å². The van der Waals surface area contributed by atoms with E-state index in [1.165, 1.54) is 10.4 Å². The van der Waals surface area contributed by atoms with Gasteiger partial charge in [-0.05, 0) is 51.8 Å². The summed E-state index contributed by atoms with van der Waals surface area (Å²) >= 11 is 0. The lowest BCUT2D eigenvalue weighted by Crippen LogP contribution is -2.50. The number of aliphatic hydroxyl groups excluding tert-OH is 1. The molecule has 0 spiro atoms. The first-order chi connectivity index (χ1) is 15.3. The first-order valence-electron chi connectivity index (χ1n) is 11.3. The monoisotopic (exact) mass is 478 g/mol. The van der Waals surface area contributed by atoms with E-state index in [-0.39, 0.29) is 41.5 Å². The number of sulfonamides is 1. The third-order valence-electron chi connectivity index (χ3n) is 5.94. The first-order valence-corrected chi connectivity index (χ1v) is 12.7. The van der Waals surface area contributed by atoms with Crippen LogP contribution >= 0.6 is 0 Å². The highest BCUT2D eigenvalue weighted by molar-refractivity contribution is 7.89. The Morgan fingerprint density at radius 2 is 2.03 bits per heavy atom. The third-order valence-corrected chi connectivity index (χ3v) is 7.96. The van der Waals surface area contributed by atoms with E-state index in [2.05, 4.69) is 11.8 Å². The Morgan fingerprint density at radius 1 is 1.36 bits per heavy atom. The van der Waals surface area contributed by atoms with E-state index in [1.807, 2.05) is 6.92 Å². The molecule has 1 heterocycles. The van der Waals surface area contributed by atoms with Crippen LogP contribution in [0.5, 0.6) is 5.75 Å². The van der Waals surface area contributed by atoms with Crippen molar-refractivity contribution in [3.63, 3.8) is 0 Å². The zero-order valence-electron chi connectivity index (χ0n) is 19.9. The van der Waals surface area contributed by atoms with Gasteiger partial charge in [-0.2, -0.15) is 4.31 Å². The molecule has 8 nitrogen and oxygen atoms in total. The molecule has 1 saturated carbocycles. The van der Waals surface area contributed by atoms with E-state index in [0.29, 0.717) is 12.1 Å². The van der Waals surface area contributed by atoms with E-state index in [0.717, 1.165) is 12.8 Å². The molecule has 3 rings (SSSR count). The quantitative estimate of drug-likeness (QED) is 0.621. The van der Waals surface area contributed by atoms with Gasteiger partial charge in [0.15, 0.2) is 0 Å². The van der Waals surface area contributed by atoms with Crippen LogP contribution in [0.2, 0.25) is 0 Å². The minimum atomic E-state index is -3.95. The molecule has 2 N–H and O–H groups in total. The number of nitrogens with zero attached hydrogens (tertiary/aromatic N) is 2. The molecule has 1 fully saturated rings. The van der Waals surface area contributed by atoms with Gasteiger partial charge in [0.25, 0.3) is 0 Å². The normalized spacial score (nSPS) is 23.7. The van der Waals surface area contributed by atoms with Crippen LogP contribution in [-0.2, 0) is 14.8 Å². The van der Waals surface area contributed by atoms with Crippen molar-refractivity contribution >= 4 is 15.9 Å². The molecule has 9 heteroatoms. The van der Waals surface area contributed by atoms with Gasteiger partial charge in [0.05, 0.1) is 13.2 Å². The highest BCUT2D eigenvalue weighted by atomic mass is 32.2. The Morgan fingerprint density at radius 3 is 2.61 bits per heavy atom. The van der Waals surface area contributed by atoms with E-state index in [9.17, 15) is 23.4 Å². The molecule has 0 unspecified atom stereocenters. The lowest BCUT2D eigenvalue weighted by Gasteiger charge is -2.37. The smallest absolute Gasteiger partial charge is 0.247 e. The van der Waals surface area contributed by atoms with Gasteiger partial charge < -0.3 is 19.8 Å². The summed E-state index contributed by atoms with van der Waals surface area (Å²) in [4.78, 5) is 14.2. The molecule has 0 saturated heterocycles. The fourth-order valence-electron chi connectivity index (χ4n) is 3.75. The minimum Gasteiger partial charge on any atom is -0.487 e.